The van der Waals surface area contributed by atoms with E-state index < -0.39 is 5.56 Å². The summed E-state index contributed by atoms with van der Waals surface area (Å²) in [5.41, 5.74) is 3.58. The number of nitriles is 1. The molecule has 0 amide bonds. The normalized spacial score (nSPS) is 10.5. The van der Waals surface area contributed by atoms with Gasteiger partial charge in [-0.15, -0.1) is 0 Å². The number of anilines is 1. The van der Waals surface area contributed by atoms with Crippen LogP contribution in [-0.2, 0) is 4.79 Å². The van der Waals surface area contributed by atoms with Crippen molar-refractivity contribution in [2.45, 2.75) is 20.3 Å². The lowest BCUT2D eigenvalue weighted by molar-refractivity contribution is -0.134. The summed E-state index contributed by atoms with van der Waals surface area (Å²) in [7, 11) is 0. The van der Waals surface area contributed by atoms with Crippen LogP contribution in [0.15, 0.2) is 58.4 Å². The lowest BCUT2D eigenvalue weighted by Crippen LogP contribution is -2.16. The quantitative estimate of drug-likeness (QED) is 0.242. The van der Waals surface area contributed by atoms with Gasteiger partial charge in [-0.25, -0.2) is 10.4 Å². The van der Waals surface area contributed by atoms with E-state index in [1.54, 1.807) is 49.4 Å². The van der Waals surface area contributed by atoms with Gasteiger partial charge in [0.15, 0.2) is 11.5 Å². The summed E-state index contributed by atoms with van der Waals surface area (Å²) in [6.45, 7) is 3.93. The minimum atomic E-state index is -0.570. The molecule has 1 heterocycles. The van der Waals surface area contributed by atoms with Crippen LogP contribution in [0.3, 0.4) is 0 Å². The molecule has 0 aliphatic carbocycles. The number of carbonyl (C=O) groups excluding carboxylic acids is 1. The third-order valence-corrected chi connectivity index (χ3v) is 4.24. The van der Waals surface area contributed by atoms with Gasteiger partial charge >= 0.3 is 5.97 Å². The van der Waals surface area contributed by atoms with E-state index in [-0.39, 0.29) is 29.6 Å². The van der Waals surface area contributed by atoms with Gasteiger partial charge in [-0.1, -0.05) is 37.3 Å². The maximum atomic E-state index is 12.3. The highest BCUT2D eigenvalue weighted by molar-refractivity contribution is 5.82. The number of nitrogens with one attached hydrogen (secondary N) is 2. The summed E-state index contributed by atoms with van der Waals surface area (Å²) >= 11 is 0. The predicted molar refractivity (Wildman–Crippen MR) is 120 cm³/mol. The van der Waals surface area contributed by atoms with Gasteiger partial charge in [-0.2, -0.15) is 10.4 Å². The van der Waals surface area contributed by atoms with Crippen molar-refractivity contribution in [2.24, 2.45) is 5.10 Å². The van der Waals surface area contributed by atoms with Crippen LogP contribution in [0, 0.1) is 11.3 Å². The Hall–Kier alpha value is -4.45. The van der Waals surface area contributed by atoms with Crippen molar-refractivity contribution in [3.05, 3.63) is 70.0 Å². The largest absolute Gasteiger partial charge is 0.490 e. The van der Waals surface area contributed by atoms with Crippen LogP contribution in [0.25, 0.3) is 11.3 Å². The van der Waals surface area contributed by atoms with Crippen LogP contribution in [0.1, 0.15) is 31.4 Å². The Bertz CT molecular complexity index is 1230. The molecule has 3 rings (SSSR count). The number of esters is 1. The standard InChI is InChI=1S/C23H21N5O4/c1-3-20(29)32-18-11-10-15(12-19(18)31-4-2)14-25-28-23-26-21(16-8-6-5-7-9-16)17(13-24)22(30)27-23/h5-12,14H,3-4H2,1-2H3,(H2,26,27,28,30). The van der Waals surface area contributed by atoms with Crippen LogP contribution >= 0.6 is 0 Å². The second-order valence-corrected chi connectivity index (χ2v) is 6.45. The Morgan fingerprint density at radius 3 is 2.69 bits per heavy atom. The first-order valence-electron chi connectivity index (χ1n) is 9.92. The Morgan fingerprint density at radius 2 is 2.00 bits per heavy atom. The predicted octanol–water partition coefficient (Wildman–Crippen LogP) is 3.47. The molecule has 0 bridgehead atoms. The van der Waals surface area contributed by atoms with Gasteiger partial charge in [0.25, 0.3) is 5.56 Å². The minimum Gasteiger partial charge on any atom is -0.490 e. The molecule has 0 aliphatic rings. The molecule has 2 N–H and O–H groups in total. The summed E-state index contributed by atoms with van der Waals surface area (Å²) < 4.78 is 10.8. The number of hydrogen-bond donors (Lipinski definition) is 2. The molecule has 3 aromatic rings. The lowest BCUT2D eigenvalue weighted by Gasteiger charge is -2.10. The number of aromatic nitrogens is 2. The molecular formula is C23H21N5O4. The topological polar surface area (TPSA) is 129 Å². The van der Waals surface area contributed by atoms with Gasteiger partial charge < -0.3 is 9.47 Å². The van der Waals surface area contributed by atoms with E-state index in [2.05, 4.69) is 20.5 Å². The van der Waals surface area contributed by atoms with Gasteiger partial charge in [0, 0.05) is 12.0 Å². The molecule has 0 radical (unpaired) electrons. The fourth-order valence-electron chi connectivity index (χ4n) is 2.76. The average molecular weight is 431 g/mol. The first-order valence-corrected chi connectivity index (χ1v) is 9.92. The second kappa shape index (κ2) is 10.5. The van der Waals surface area contributed by atoms with E-state index in [1.807, 2.05) is 19.1 Å². The minimum absolute atomic E-state index is 0.0794. The molecule has 0 saturated heterocycles. The van der Waals surface area contributed by atoms with E-state index in [9.17, 15) is 14.9 Å². The van der Waals surface area contributed by atoms with E-state index in [1.165, 1.54) is 6.21 Å². The zero-order chi connectivity index (χ0) is 22.9. The summed E-state index contributed by atoms with van der Waals surface area (Å²) in [4.78, 5) is 30.7. The van der Waals surface area contributed by atoms with Gasteiger partial charge in [0.2, 0.25) is 5.95 Å². The zero-order valence-electron chi connectivity index (χ0n) is 17.6. The maximum absolute atomic E-state index is 12.3. The first kappa shape index (κ1) is 22.2. The van der Waals surface area contributed by atoms with Crippen molar-refractivity contribution in [3.63, 3.8) is 0 Å². The van der Waals surface area contributed by atoms with Crippen LogP contribution in [-0.4, -0.2) is 28.8 Å². The number of hydrogen-bond acceptors (Lipinski definition) is 8. The molecule has 0 unspecified atom stereocenters. The molecule has 2 aromatic carbocycles. The Kier molecular flexibility index (Phi) is 7.33. The fourth-order valence-corrected chi connectivity index (χ4v) is 2.76. The van der Waals surface area contributed by atoms with Crippen molar-refractivity contribution in [2.75, 3.05) is 12.0 Å². The van der Waals surface area contributed by atoms with E-state index in [0.717, 1.165) is 0 Å². The number of aromatic amines is 1. The number of H-pyrrole nitrogens is 1. The Labute approximate surface area is 184 Å². The number of ether oxygens (including phenoxy) is 2. The zero-order valence-corrected chi connectivity index (χ0v) is 17.6. The van der Waals surface area contributed by atoms with Crippen LogP contribution in [0.2, 0.25) is 0 Å². The molecule has 0 saturated carbocycles. The van der Waals surface area contributed by atoms with E-state index in [4.69, 9.17) is 9.47 Å². The molecule has 32 heavy (non-hydrogen) atoms. The number of rotatable bonds is 8. The first-order chi connectivity index (χ1) is 15.5. The number of benzene rings is 2. The van der Waals surface area contributed by atoms with Crippen molar-refractivity contribution in [1.82, 2.24) is 9.97 Å². The molecule has 1 aromatic heterocycles. The third-order valence-electron chi connectivity index (χ3n) is 4.24. The van der Waals surface area contributed by atoms with Gasteiger partial charge in [0.1, 0.15) is 11.6 Å². The Morgan fingerprint density at radius 1 is 1.22 bits per heavy atom. The summed E-state index contributed by atoms with van der Waals surface area (Å²) in [6.07, 6.45) is 1.74. The molecule has 162 valence electrons. The fraction of sp³-hybridized carbons (Fsp3) is 0.174. The average Bonchev–Trinajstić information content (AvgIpc) is 2.81. The molecule has 0 spiro atoms. The smallest absolute Gasteiger partial charge is 0.311 e. The second-order valence-electron chi connectivity index (χ2n) is 6.45. The van der Waals surface area contributed by atoms with Crippen LogP contribution in [0.5, 0.6) is 11.5 Å². The summed E-state index contributed by atoms with van der Waals surface area (Å²) in [5, 5.41) is 13.4. The molecule has 9 heteroatoms. The Balaban J connectivity index is 1.84. The highest BCUT2D eigenvalue weighted by atomic mass is 16.6. The summed E-state index contributed by atoms with van der Waals surface area (Å²) in [6, 6.07) is 15.8. The van der Waals surface area contributed by atoms with Crippen molar-refractivity contribution < 1.29 is 14.3 Å². The molecule has 9 nitrogen and oxygen atoms in total. The number of hydrazone groups is 1. The van der Waals surface area contributed by atoms with Crippen molar-refractivity contribution in [3.8, 4) is 28.8 Å². The molecule has 0 fully saturated rings. The number of nitrogens with zero attached hydrogens (tertiary/aromatic N) is 3. The van der Waals surface area contributed by atoms with E-state index in [0.29, 0.717) is 29.2 Å². The van der Waals surface area contributed by atoms with Crippen LogP contribution in [0.4, 0.5) is 5.95 Å². The molecule has 0 atom stereocenters. The number of carbonyl (C=O) groups is 1. The van der Waals surface area contributed by atoms with Gasteiger partial charge in [-0.05, 0) is 30.7 Å². The van der Waals surface area contributed by atoms with Crippen LogP contribution < -0.4 is 20.5 Å². The van der Waals surface area contributed by atoms with Crippen molar-refractivity contribution >= 4 is 18.1 Å². The highest BCUT2D eigenvalue weighted by Gasteiger charge is 2.13. The lowest BCUT2D eigenvalue weighted by atomic mass is 10.1. The van der Waals surface area contributed by atoms with Gasteiger partial charge in [-0.3, -0.25) is 14.6 Å². The third kappa shape index (κ3) is 5.37. The SMILES string of the molecule is CCOc1cc(C=NNc2nc(-c3ccccc3)c(C#N)c(=O)[nH]2)ccc1OC(=O)CC. The van der Waals surface area contributed by atoms with Crippen molar-refractivity contribution in [1.29, 1.82) is 5.26 Å². The molecule has 0 aliphatic heterocycles. The molecular weight excluding hydrogens is 410 g/mol. The monoisotopic (exact) mass is 431 g/mol. The van der Waals surface area contributed by atoms with E-state index >= 15 is 0 Å². The maximum Gasteiger partial charge on any atom is 0.311 e. The highest BCUT2D eigenvalue weighted by Crippen LogP contribution is 2.28. The van der Waals surface area contributed by atoms with Gasteiger partial charge in [0.05, 0.1) is 18.5 Å². The summed E-state index contributed by atoms with van der Waals surface area (Å²) in [5.74, 6) is 0.464.